The summed E-state index contributed by atoms with van der Waals surface area (Å²) < 4.78 is 0. The van der Waals surface area contributed by atoms with Crippen LogP contribution in [-0.2, 0) is 35.9 Å². The van der Waals surface area contributed by atoms with Gasteiger partial charge in [0, 0.05) is 23.0 Å². The van der Waals surface area contributed by atoms with E-state index in [2.05, 4.69) is 73.8 Å². The van der Waals surface area contributed by atoms with Crippen LogP contribution in [0.5, 0.6) is 0 Å². The van der Waals surface area contributed by atoms with Crippen molar-refractivity contribution in [3.63, 3.8) is 0 Å². The lowest BCUT2D eigenvalue weighted by Gasteiger charge is -2.18. The molecule has 0 fully saturated rings. The highest BCUT2D eigenvalue weighted by molar-refractivity contribution is 7.98. The van der Waals surface area contributed by atoms with E-state index in [4.69, 9.17) is 0 Å². The fourth-order valence-corrected chi connectivity index (χ4v) is 7.04. The van der Waals surface area contributed by atoms with Crippen molar-refractivity contribution in [2.24, 2.45) is 0 Å². The molecule has 0 amide bonds. The monoisotopic (exact) mass is 496 g/mol. The molecule has 0 N–H and O–H groups in total. The summed E-state index contributed by atoms with van der Waals surface area (Å²) in [6, 6.07) is 14.6. The molecule has 6 rings (SSSR count). The summed E-state index contributed by atoms with van der Waals surface area (Å²) in [4.78, 5) is 0. The molecule has 0 radical (unpaired) electrons. The normalized spacial score (nSPS) is 13.9. The van der Waals surface area contributed by atoms with Crippen molar-refractivity contribution < 1.29 is 0 Å². The molecule has 2 aromatic carbocycles. The molecular formula is C32H48S2. The first-order valence-corrected chi connectivity index (χ1v) is 16.5. The van der Waals surface area contributed by atoms with Gasteiger partial charge in [0.15, 0.2) is 0 Å². The Morgan fingerprint density at radius 2 is 0.882 bits per heavy atom. The zero-order valence-electron chi connectivity index (χ0n) is 22.0. The molecule has 0 atom stereocenters. The summed E-state index contributed by atoms with van der Waals surface area (Å²) in [6.07, 6.45) is 19.1. The van der Waals surface area contributed by atoms with Gasteiger partial charge in [0.25, 0.3) is 0 Å². The van der Waals surface area contributed by atoms with E-state index in [1.807, 2.05) is 0 Å². The van der Waals surface area contributed by atoms with Crippen LogP contribution in [0.1, 0.15) is 124 Å². The fourth-order valence-electron chi connectivity index (χ4n) is 5.01. The van der Waals surface area contributed by atoms with Gasteiger partial charge in [-0.05, 0) is 59.1 Å². The Morgan fingerprint density at radius 3 is 1.29 bits per heavy atom. The molecule has 4 bridgehead atoms. The minimum atomic E-state index is 1.12. The topological polar surface area (TPSA) is 0 Å². The molecule has 0 unspecified atom stereocenters. The van der Waals surface area contributed by atoms with Gasteiger partial charge in [0.2, 0.25) is 0 Å². The molecule has 0 spiro atoms. The molecule has 0 nitrogen and oxygen atoms in total. The predicted molar refractivity (Wildman–Crippen MR) is 157 cm³/mol. The number of hydrogen-bond acceptors (Lipinski definition) is 2. The SMILES string of the molecule is CCCCCCCCc1cc2c(CCCCCCCC)cc1CSCc1ccc(cc1)CSC2. The largest absolute Gasteiger partial charge is 0.152 e. The molecule has 0 aromatic heterocycles. The van der Waals surface area contributed by atoms with E-state index in [0.29, 0.717) is 0 Å². The summed E-state index contributed by atoms with van der Waals surface area (Å²) in [6.45, 7) is 4.62. The van der Waals surface area contributed by atoms with Crippen LogP contribution in [0.4, 0.5) is 0 Å². The van der Waals surface area contributed by atoms with Gasteiger partial charge in [-0.15, -0.1) is 0 Å². The lowest BCUT2D eigenvalue weighted by atomic mass is 9.93. The second-order valence-electron chi connectivity index (χ2n) is 10.2. The van der Waals surface area contributed by atoms with E-state index < -0.39 is 0 Å². The first-order chi connectivity index (χ1) is 16.8. The average Bonchev–Trinajstić information content (AvgIpc) is 2.86. The van der Waals surface area contributed by atoms with Crippen LogP contribution in [0.15, 0.2) is 36.4 Å². The quantitative estimate of drug-likeness (QED) is 0.238. The van der Waals surface area contributed by atoms with Crippen molar-refractivity contribution in [3.05, 3.63) is 69.8 Å². The molecule has 2 heteroatoms. The van der Waals surface area contributed by atoms with Crippen molar-refractivity contribution in [3.8, 4) is 0 Å². The molecule has 188 valence electrons. The Labute approximate surface area is 219 Å². The summed E-state index contributed by atoms with van der Waals surface area (Å²) in [5.74, 6) is 4.56. The molecule has 4 aliphatic heterocycles. The maximum absolute atomic E-state index is 2.63. The van der Waals surface area contributed by atoms with Gasteiger partial charge in [0.05, 0.1) is 0 Å². The standard InChI is InChI=1S/C32H48S2/c1-3-5-7-9-11-13-15-29-21-32-26-34-24-28-19-17-27(18-20-28)23-33-25-31(29)22-30(32)16-14-12-10-8-6-4-2/h17-22H,3-16,23-26H2,1-2H3. The zero-order valence-corrected chi connectivity index (χ0v) is 23.6. The third kappa shape index (κ3) is 10.0. The molecule has 4 aliphatic rings. The van der Waals surface area contributed by atoms with Gasteiger partial charge in [-0.1, -0.05) is 114 Å². The average molecular weight is 497 g/mol. The number of hydrogen-bond donors (Lipinski definition) is 0. The molecule has 0 saturated carbocycles. The van der Waals surface area contributed by atoms with Crippen molar-refractivity contribution >= 4 is 23.5 Å². The van der Waals surface area contributed by atoms with Gasteiger partial charge in [0.1, 0.15) is 0 Å². The van der Waals surface area contributed by atoms with E-state index in [0.717, 1.165) is 23.0 Å². The summed E-state index contributed by atoms with van der Waals surface area (Å²) >= 11 is 4.20. The van der Waals surface area contributed by atoms with Gasteiger partial charge >= 0.3 is 0 Å². The van der Waals surface area contributed by atoms with Crippen molar-refractivity contribution in [1.29, 1.82) is 0 Å². The summed E-state index contributed by atoms with van der Waals surface area (Å²) in [7, 11) is 0. The van der Waals surface area contributed by atoms with Crippen LogP contribution in [0.2, 0.25) is 0 Å². The summed E-state index contributed by atoms with van der Waals surface area (Å²) in [5.41, 5.74) is 9.49. The molecule has 34 heavy (non-hydrogen) atoms. The van der Waals surface area contributed by atoms with E-state index in [9.17, 15) is 0 Å². The Bertz CT molecular complexity index is 740. The van der Waals surface area contributed by atoms with Crippen molar-refractivity contribution in [2.45, 2.75) is 127 Å². The Hall–Kier alpha value is -0.860. The molecule has 2 aromatic rings. The highest BCUT2D eigenvalue weighted by atomic mass is 32.2. The zero-order chi connectivity index (χ0) is 23.8. The first kappa shape index (κ1) is 27.7. The van der Waals surface area contributed by atoms with E-state index in [1.54, 1.807) is 22.3 Å². The molecule has 4 heterocycles. The number of aryl methyl sites for hydroxylation is 2. The van der Waals surface area contributed by atoms with Crippen molar-refractivity contribution in [2.75, 3.05) is 0 Å². The van der Waals surface area contributed by atoms with Gasteiger partial charge < -0.3 is 0 Å². The number of rotatable bonds is 14. The second-order valence-corrected chi connectivity index (χ2v) is 12.2. The van der Waals surface area contributed by atoms with Gasteiger partial charge in [-0.25, -0.2) is 0 Å². The Morgan fingerprint density at radius 1 is 0.500 bits per heavy atom. The van der Waals surface area contributed by atoms with E-state index >= 15 is 0 Å². The van der Waals surface area contributed by atoms with Crippen LogP contribution < -0.4 is 0 Å². The highest BCUT2D eigenvalue weighted by Crippen LogP contribution is 2.30. The number of benzene rings is 2. The van der Waals surface area contributed by atoms with Crippen molar-refractivity contribution in [1.82, 2.24) is 0 Å². The van der Waals surface area contributed by atoms with Crippen LogP contribution in [0, 0.1) is 0 Å². The molecule has 0 aliphatic carbocycles. The van der Waals surface area contributed by atoms with E-state index in [-0.39, 0.29) is 0 Å². The lowest BCUT2D eigenvalue weighted by Crippen LogP contribution is -2.02. The third-order valence-corrected chi connectivity index (χ3v) is 9.30. The van der Waals surface area contributed by atoms with Crippen LogP contribution in [-0.4, -0.2) is 0 Å². The van der Waals surface area contributed by atoms with Gasteiger partial charge in [-0.2, -0.15) is 23.5 Å². The van der Waals surface area contributed by atoms with Crippen LogP contribution in [0.25, 0.3) is 0 Å². The molecule has 0 saturated heterocycles. The predicted octanol–water partition coefficient (Wildman–Crippen LogP) is 10.7. The second kappa shape index (κ2) is 16.7. The maximum atomic E-state index is 2.63. The number of unbranched alkanes of at least 4 members (excludes halogenated alkanes) is 10. The smallest absolute Gasteiger partial charge is 0.0190 e. The minimum absolute atomic E-state index is 1.12. The van der Waals surface area contributed by atoms with Gasteiger partial charge in [-0.3, -0.25) is 0 Å². The molecular weight excluding hydrogens is 448 g/mol. The summed E-state index contributed by atoms with van der Waals surface area (Å²) in [5, 5.41) is 0. The number of thioether (sulfide) groups is 2. The fraction of sp³-hybridized carbons (Fsp3) is 0.625. The lowest BCUT2D eigenvalue weighted by molar-refractivity contribution is 0.605. The van der Waals surface area contributed by atoms with E-state index in [1.165, 1.54) is 101 Å². The van der Waals surface area contributed by atoms with Crippen LogP contribution >= 0.6 is 23.5 Å². The minimum Gasteiger partial charge on any atom is -0.152 e. The highest BCUT2D eigenvalue weighted by Gasteiger charge is 2.12. The van der Waals surface area contributed by atoms with Crippen LogP contribution in [0.3, 0.4) is 0 Å². The maximum Gasteiger partial charge on any atom is 0.0190 e. The first-order valence-electron chi connectivity index (χ1n) is 14.2. The third-order valence-electron chi connectivity index (χ3n) is 7.20. The Balaban J connectivity index is 1.70. The Kier molecular flexibility index (Phi) is 13.7.